The van der Waals surface area contributed by atoms with Crippen molar-refractivity contribution in [3.8, 4) is 0 Å². The van der Waals surface area contributed by atoms with E-state index in [1.54, 1.807) is 0 Å². The molecule has 1 aliphatic heterocycles. The van der Waals surface area contributed by atoms with Gasteiger partial charge in [-0.05, 0) is 26.1 Å². The number of rotatable bonds is 3. The molecule has 1 aromatic heterocycles. The van der Waals surface area contributed by atoms with Crippen LogP contribution in [0.5, 0.6) is 0 Å². The molecular weight excluding hydrogens is 288 g/mol. The molecule has 2 heterocycles. The fraction of sp³-hybridized carbons (Fsp3) is 0.545. The van der Waals surface area contributed by atoms with Crippen molar-refractivity contribution in [1.82, 2.24) is 9.21 Å². The summed E-state index contributed by atoms with van der Waals surface area (Å²) in [5.74, 6) is -1.10. The number of carboxylic acid groups (broad SMARTS) is 1. The minimum Gasteiger partial charge on any atom is -0.477 e. The Kier molecular flexibility index (Phi) is 3.95. The van der Waals surface area contributed by atoms with Crippen molar-refractivity contribution >= 4 is 27.3 Å². The highest BCUT2D eigenvalue weighted by Crippen LogP contribution is 2.26. The molecular formula is C11H16N2O4S2. The molecule has 1 N–H and O–H groups in total. The Labute approximate surface area is 116 Å². The number of piperazine rings is 1. The highest BCUT2D eigenvalue weighted by Gasteiger charge is 2.32. The van der Waals surface area contributed by atoms with Crippen molar-refractivity contribution < 1.29 is 18.3 Å². The molecule has 1 saturated heterocycles. The van der Waals surface area contributed by atoms with Gasteiger partial charge in [-0.25, -0.2) is 13.2 Å². The summed E-state index contributed by atoms with van der Waals surface area (Å²) in [4.78, 5) is 13.0. The summed E-state index contributed by atoms with van der Waals surface area (Å²) in [7, 11) is -1.61. The van der Waals surface area contributed by atoms with Crippen molar-refractivity contribution in [3.63, 3.8) is 0 Å². The SMILES string of the molecule is CC1CN(S(=O)(=O)c2ccc(C(=O)O)s2)CCN1C. The van der Waals surface area contributed by atoms with E-state index in [4.69, 9.17) is 5.11 Å². The van der Waals surface area contributed by atoms with Crippen LogP contribution in [0.25, 0.3) is 0 Å². The van der Waals surface area contributed by atoms with Gasteiger partial charge in [-0.3, -0.25) is 0 Å². The van der Waals surface area contributed by atoms with E-state index in [9.17, 15) is 13.2 Å². The van der Waals surface area contributed by atoms with Gasteiger partial charge in [0.2, 0.25) is 0 Å². The molecule has 8 heteroatoms. The first kappa shape index (κ1) is 14.4. The maximum absolute atomic E-state index is 12.4. The van der Waals surface area contributed by atoms with Gasteiger partial charge >= 0.3 is 5.97 Å². The van der Waals surface area contributed by atoms with Gasteiger partial charge in [0.15, 0.2) is 0 Å². The lowest BCUT2D eigenvalue weighted by Gasteiger charge is -2.36. The van der Waals surface area contributed by atoms with E-state index in [1.165, 1.54) is 16.4 Å². The zero-order chi connectivity index (χ0) is 14.2. The van der Waals surface area contributed by atoms with Gasteiger partial charge in [0.1, 0.15) is 9.09 Å². The van der Waals surface area contributed by atoms with Crippen molar-refractivity contribution in [1.29, 1.82) is 0 Å². The van der Waals surface area contributed by atoms with Crippen molar-refractivity contribution in [2.45, 2.75) is 17.2 Å². The minimum absolute atomic E-state index is 0.0424. The second kappa shape index (κ2) is 5.20. The normalized spacial score (nSPS) is 22.5. The maximum Gasteiger partial charge on any atom is 0.345 e. The van der Waals surface area contributed by atoms with Gasteiger partial charge < -0.3 is 10.0 Å². The first-order chi connectivity index (χ1) is 8.82. The quantitative estimate of drug-likeness (QED) is 0.892. The summed E-state index contributed by atoms with van der Waals surface area (Å²) in [5, 5.41) is 8.85. The molecule has 1 aromatic rings. The summed E-state index contributed by atoms with van der Waals surface area (Å²) < 4.78 is 26.3. The summed E-state index contributed by atoms with van der Waals surface area (Å²) in [6.07, 6.45) is 0. The van der Waals surface area contributed by atoms with E-state index in [0.717, 1.165) is 11.3 Å². The number of carboxylic acids is 1. The van der Waals surface area contributed by atoms with E-state index >= 15 is 0 Å². The van der Waals surface area contributed by atoms with Crippen LogP contribution in [0.4, 0.5) is 0 Å². The van der Waals surface area contributed by atoms with Crippen LogP contribution in [-0.4, -0.2) is 61.4 Å². The standard InChI is InChI=1S/C11H16N2O4S2/c1-8-7-13(6-5-12(8)2)19(16,17)10-4-3-9(18-10)11(14)15/h3-4,8H,5-7H2,1-2H3,(H,14,15). The predicted molar refractivity (Wildman–Crippen MR) is 72.1 cm³/mol. The lowest BCUT2D eigenvalue weighted by atomic mass is 10.2. The number of hydrogen-bond acceptors (Lipinski definition) is 5. The van der Waals surface area contributed by atoms with E-state index in [2.05, 4.69) is 4.90 Å². The Balaban J connectivity index is 2.24. The highest BCUT2D eigenvalue weighted by molar-refractivity contribution is 7.91. The van der Waals surface area contributed by atoms with Crippen molar-refractivity contribution in [2.24, 2.45) is 0 Å². The molecule has 1 atom stereocenters. The fourth-order valence-electron chi connectivity index (χ4n) is 1.93. The lowest BCUT2D eigenvalue weighted by Crippen LogP contribution is -2.51. The van der Waals surface area contributed by atoms with E-state index in [1.807, 2.05) is 14.0 Å². The predicted octanol–water partition coefficient (Wildman–Crippen LogP) is 0.771. The molecule has 0 aromatic carbocycles. The molecule has 1 aliphatic rings. The Morgan fingerprint density at radius 1 is 1.42 bits per heavy atom. The largest absolute Gasteiger partial charge is 0.477 e. The van der Waals surface area contributed by atoms with Crippen LogP contribution >= 0.6 is 11.3 Å². The smallest absolute Gasteiger partial charge is 0.345 e. The molecule has 0 radical (unpaired) electrons. The molecule has 19 heavy (non-hydrogen) atoms. The van der Waals surface area contributed by atoms with Crippen LogP contribution in [0.1, 0.15) is 16.6 Å². The molecule has 2 rings (SSSR count). The van der Waals surface area contributed by atoms with Crippen LogP contribution in [0.2, 0.25) is 0 Å². The van der Waals surface area contributed by atoms with Gasteiger partial charge in [0.05, 0.1) is 0 Å². The van der Waals surface area contributed by atoms with E-state index in [0.29, 0.717) is 19.6 Å². The topological polar surface area (TPSA) is 77.9 Å². The maximum atomic E-state index is 12.4. The van der Waals surface area contributed by atoms with Crippen molar-refractivity contribution in [2.75, 3.05) is 26.7 Å². The molecule has 1 fully saturated rings. The van der Waals surface area contributed by atoms with Crippen LogP contribution in [0, 0.1) is 0 Å². The number of sulfonamides is 1. The van der Waals surface area contributed by atoms with Crippen LogP contribution in [-0.2, 0) is 10.0 Å². The number of aromatic carboxylic acids is 1. The third-order valence-corrected chi connectivity index (χ3v) is 6.71. The van der Waals surface area contributed by atoms with Crippen LogP contribution in [0.3, 0.4) is 0 Å². The Morgan fingerprint density at radius 2 is 2.11 bits per heavy atom. The Morgan fingerprint density at radius 3 is 2.63 bits per heavy atom. The number of nitrogens with zero attached hydrogens (tertiary/aromatic N) is 2. The number of hydrogen-bond donors (Lipinski definition) is 1. The summed E-state index contributed by atoms with van der Waals surface area (Å²) in [5.41, 5.74) is 0. The van der Waals surface area contributed by atoms with Crippen molar-refractivity contribution in [3.05, 3.63) is 17.0 Å². The molecule has 0 saturated carbocycles. The average molecular weight is 304 g/mol. The summed E-state index contributed by atoms with van der Waals surface area (Å²) >= 11 is 0.801. The van der Waals surface area contributed by atoms with Gasteiger partial charge in [0, 0.05) is 25.7 Å². The van der Waals surface area contributed by atoms with Gasteiger partial charge in [0.25, 0.3) is 10.0 Å². The Bertz CT molecular complexity index is 581. The molecule has 0 aliphatic carbocycles. The molecule has 0 spiro atoms. The number of thiophene rings is 1. The zero-order valence-electron chi connectivity index (χ0n) is 10.7. The second-order valence-corrected chi connectivity index (χ2v) is 7.87. The van der Waals surface area contributed by atoms with E-state index < -0.39 is 16.0 Å². The molecule has 0 bridgehead atoms. The minimum atomic E-state index is -3.57. The van der Waals surface area contributed by atoms with Gasteiger partial charge in [-0.1, -0.05) is 0 Å². The van der Waals surface area contributed by atoms with Crippen LogP contribution in [0.15, 0.2) is 16.3 Å². The summed E-state index contributed by atoms with van der Waals surface area (Å²) in [6, 6.07) is 2.86. The number of carbonyl (C=O) groups is 1. The third kappa shape index (κ3) is 2.81. The monoisotopic (exact) mass is 304 g/mol. The van der Waals surface area contributed by atoms with Crippen LogP contribution < -0.4 is 0 Å². The highest BCUT2D eigenvalue weighted by atomic mass is 32.2. The van der Waals surface area contributed by atoms with E-state index in [-0.39, 0.29) is 15.1 Å². The first-order valence-corrected chi connectivity index (χ1v) is 8.11. The number of likely N-dealkylation sites (N-methyl/N-ethyl adjacent to an activating group) is 1. The zero-order valence-corrected chi connectivity index (χ0v) is 12.4. The second-order valence-electron chi connectivity index (χ2n) is 4.62. The fourth-order valence-corrected chi connectivity index (χ4v) is 4.75. The molecule has 106 valence electrons. The third-order valence-electron chi connectivity index (χ3n) is 3.31. The average Bonchev–Trinajstić information content (AvgIpc) is 2.82. The summed E-state index contributed by atoms with van der Waals surface area (Å²) in [6.45, 7) is 3.51. The van der Waals surface area contributed by atoms with Gasteiger partial charge in [-0.2, -0.15) is 4.31 Å². The molecule has 0 amide bonds. The first-order valence-electron chi connectivity index (χ1n) is 5.86. The molecule has 1 unspecified atom stereocenters. The lowest BCUT2D eigenvalue weighted by molar-refractivity contribution is 0.0702. The van der Waals surface area contributed by atoms with Gasteiger partial charge in [-0.15, -0.1) is 11.3 Å². The Hall–Kier alpha value is -0.960. The molecule has 6 nitrogen and oxygen atoms in total.